The maximum atomic E-state index is 12.9. The molecule has 0 spiro atoms. The van der Waals surface area contributed by atoms with Gasteiger partial charge in [-0.25, -0.2) is 4.99 Å². The van der Waals surface area contributed by atoms with E-state index in [9.17, 15) is 9.59 Å². The van der Waals surface area contributed by atoms with Gasteiger partial charge in [-0.3, -0.25) is 14.6 Å². The fraction of sp³-hybridized carbons (Fsp3) is 0.125. The fourth-order valence-electron chi connectivity index (χ4n) is 2.91. The number of aromatic nitrogens is 1. The van der Waals surface area contributed by atoms with Gasteiger partial charge < -0.3 is 4.98 Å². The van der Waals surface area contributed by atoms with Crippen molar-refractivity contribution in [2.75, 3.05) is 6.54 Å². The van der Waals surface area contributed by atoms with E-state index in [0.29, 0.717) is 22.1 Å². The highest BCUT2D eigenvalue weighted by atomic mass is 35.5. The summed E-state index contributed by atoms with van der Waals surface area (Å²) in [6.45, 7) is -0.0838. The number of ketones is 1. The van der Waals surface area contributed by atoms with Crippen LogP contribution in [0, 0.1) is 0 Å². The Hall–Kier alpha value is -2.53. The predicted molar refractivity (Wildman–Crippen MR) is 82.9 cm³/mol. The topological polar surface area (TPSA) is 74.7 Å². The molecule has 0 fully saturated rings. The van der Waals surface area contributed by atoms with E-state index in [1.54, 1.807) is 6.07 Å². The lowest BCUT2D eigenvalue weighted by Crippen LogP contribution is -2.39. The summed E-state index contributed by atoms with van der Waals surface area (Å²) in [6.07, 6.45) is 0. The zero-order chi connectivity index (χ0) is 15.3. The number of H-pyrrole nitrogens is 1. The summed E-state index contributed by atoms with van der Waals surface area (Å²) in [5.41, 5.74) is 2.77. The second-order valence-corrected chi connectivity index (χ2v) is 5.58. The van der Waals surface area contributed by atoms with Gasteiger partial charge in [0.1, 0.15) is 23.1 Å². The number of nitrogens with zero attached hydrogens (tertiary/aromatic N) is 2. The monoisotopic (exact) mass is 311 g/mol. The molecule has 1 atom stereocenters. The van der Waals surface area contributed by atoms with E-state index in [-0.39, 0.29) is 23.9 Å². The minimum absolute atomic E-state index is 0.0838. The van der Waals surface area contributed by atoms with Gasteiger partial charge in [0, 0.05) is 11.3 Å². The molecule has 0 radical (unpaired) electrons. The lowest BCUT2D eigenvalue weighted by molar-refractivity contribution is -0.116. The number of hydrogen-bond acceptors (Lipinski definition) is 3. The van der Waals surface area contributed by atoms with Gasteiger partial charge in [-0.1, -0.05) is 41.9 Å². The van der Waals surface area contributed by atoms with E-state index in [1.807, 2.05) is 30.3 Å². The molecule has 1 aromatic heterocycles. The van der Waals surface area contributed by atoms with E-state index < -0.39 is 5.92 Å². The van der Waals surface area contributed by atoms with Gasteiger partial charge in [0.15, 0.2) is 5.78 Å². The Kier molecular flexibility index (Phi) is 2.84. The Morgan fingerprint density at radius 2 is 1.91 bits per heavy atom. The van der Waals surface area contributed by atoms with E-state index >= 15 is 0 Å². The average Bonchev–Trinajstić information content (AvgIpc) is 2.90. The number of hydrogen-bond donors (Lipinski definition) is 1. The van der Waals surface area contributed by atoms with Crippen molar-refractivity contribution in [2.45, 2.75) is 5.92 Å². The number of nitrogens with one attached hydrogen (secondary N) is 1. The largest absolute Gasteiger partial charge is 0.348 e. The van der Waals surface area contributed by atoms with Crippen molar-refractivity contribution >= 4 is 34.7 Å². The standard InChI is InChI=1S/C16H10ClN3O2/c17-10-6-9-13(19-10)12(8-4-2-1-3-5-8)16(22)15-14(9)20-11(21)7-18-15/h1-6,12,19H,7H2. The van der Waals surface area contributed by atoms with Gasteiger partial charge in [-0.15, -0.1) is 0 Å². The minimum atomic E-state index is -0.505. The van der Waals surface area contributed by atoms with Gasteiger partial charge >= 0.3 is 0 Å². The molecular formula is C16H10ClN3O2. The molecule has 1 amide bonds. The average molecular weight is 312 g/mol. The van der Waals surface area contributed by atoms with Crippen molar-refractivity contribution in [1.29, 1.82) is 0 Å². The summed E-state index contributed by atoms with van der Waals surface area (Å²) in [5.74, 6) is -1.02. The molecule has 1 aliphatic carbocycles. The summed E-state index contributed by atoms with van der Waals surface area (Å²) in [7, 11) is 0. The second-order valence-electron chi connectivity index (χ2n) is 5.17. The number of aliphatic imine (C=N–C) groups is 2. The highest BCUT2D eigenvalue weighted by molar-refractivity contribution is 6.74. The normalized spacial score (nSPS) is 20.1. The van der Waals surface area contributed by atoms with Crippen LogP contribution in [0.1, 0.15) is 22.7 Å². The molecule has 0 saturated carbocycles. The van der Waals surface area contributed by atoms with Crippen LogP contribution in [0.25, 0.3) is 0 Å². The molecule has 4 rings (SSSR count). The maximum Gasteiger partial charge on any atom is 0.267 e. The number of amides is 1. The first-order chi connectivity index (χ1) is 10.6. The Morgan fingerprint density at radius 1 is 1.14 bits per heavy atom. The van der Waals surface area contributed by atoms with Crippen LogP contribution in [-0.2, 0) is 9.59 Å². The number of carbonyl (C=O) groups is 2. The first-order valence-electron chi connectivity index (χ1n) is 6.79. The molecule has 1 unspecified atom stereocenters. The van der Waals surface area contributed by atoms with E-state index in [0.717, 1.165) is 5.56 Å². The number of aromatic amines is 1. The van der Waals surface area contributed by atoms with Gasteiger partial charge in [-0.05, 0) is 11.6 Å². The molecule has 1 aromatic carbocycles. The summed E-state index contributed by atoms with van der Waals surface area (Å²) < 4.78 is 0. The van der Waals surface area contributed by atoms with Crippen molar-refractivity contribution in [3.63, 3.8) is 0 Å². The number of halogens is 1. The maximum absolute atomic E-state index is 12.9. The van der Waals surface area contributed by atoms with Crippen molar-refractivity contribution in [2.24, 2.45) is 9.98 Å². The van der Waals surface area contributed by atoms with Crippen LogP contribution in [0.3, 0.4) is 0 Å². The van der Waals surface area contributed by atoms with Crippen LogP contribution in [0.5, 0.6) is 0 Å². The molecule has 2 aromatic rings. The Morgan fingerprint density at radius 3 is 2.68 bits per heavy atom. The third kappa shape index (κ3) is 1.86. The summed E-state index contributed by atoms with van der Waals surface area (Å²) >= 11 is 6.07. The van der Waals surface area contributed by atoms with Crippen molar-refractivity contribution in [3.8, 4) is 0 Å². The summed E-state index contributed by atoms with van der Waals surface area (Å²) in [4.78, 5) is 35.5. The van der Waals surface area contributed by atoms with Gasteiger partial charge in [0.05, 0.1) is 5.92 Å². The minimum Gasteiger partial charge on any atom is -0.348 e. The van der Waals surface area contributed by atoms with Crippen molar-refractivity contribution < 1.29 is 9.59 Å². The quantitative estimate of drug-likeness (QED) is 0.876. The zero-order valence-electron chi connectivity index (χ0n) is 11.3. The van der Waals surface area contributed by atoms with E-state index in [4.69, 9.17) is 11.6 Å². The highest BCUT2D eigenvalue weighted by Crippen LogP contribution is 2.35. The Balaban J connectivity index is 1.98. The molecule has 2 aliphatic rings. The molecular weight excluding hydrogens is 302 g/mol. The van der Waals surface area contributed by atoms with Crippen LogP contribution in [0.4, 0.5) is 0 Å². The molecule has 1 N–H and O–H groups in total. The van der Waals surface area contributed by atoms with Crippen LogP contribution in [0.15, 0.2) is 46.4 Å². The smallest absolute Gasteiger partial charge is 0.267 e. The Labute approximate surface area is 130 Å². The number of benzene rings is 1. The van der Waals surface area contributed by atoms with E-state index in [1.165, 1.54) is 0 Å². The van der Waals surface area contributed by atoms with Gasteiger partial charge in [0.25, 0.3) is 5.91 Å². The molecule has 5 nitrogen and oxygen atoms in total. The first kappa shape index (κ1) is 13.2. The number of Topliss-reactive ketones (excluding diaryl/α,β-unsaturated/α-hetero) is 1. The lowest BCUT2D eigenvalue weighted by Gasteiger charge is -2.25. The Bertz CT molecular complexity index is 865. The third-order valence-electron chi connectivity index (χ3n) is 3.82. The van der Waals surface area contributed by atoms with Crippen LogP contribution < -0.4 is 0 Å². The molecule has 22 heavy (non-hydrogen) atoms. The molecule has 0 bridgehead atoms. The van der Waals surface area contributed by atoms with Crippen LogP contribution in [0.2, 0.25) is 5.15 Å². The van der Waals surface area contributed by atoms with Crippen LogP contribution in [-0.4, -0.2) is 34.6 Å². The third-order valence-corrected chi connectivity index (χ3v) is 4.02. The summed E-state index contributed by atoms with van der Waals surface area (Å²) in [5, 5.41) is 0.403. The molecule has 1 aliphatic heterocycles. The van der Waals surface area contributed by atoms with Crippen molar-refractivity contribution in [3.05, 3.63) is 58.4 Å². The van der Waals surface area contributed by atoms with Gasteiger partial charge in [0.2, 0.25) is 0 Å². The lowest BCUT2D eigenvalue weighted by atomic mass is 9.79. The van der Waals surface area contributed by atoms with Crippen molar-refractivity contribution in [1.82, 2.24) is 4.98 Å². The predicted octanol–water partition coefficient (Wildman–Crippen LogP) is 2.15. The van der Waals surface area contributed by atoms with Crippen LogP contribution >= 0.6 is 11.6 Å². The molecule has 2 heterocycles. The van der Waals surface area contributed by atoms with Gasteiger partial charge in [-0.2, -0.15) is 0 Å². The number of carbonyl (C=O) groups excluding carboxylic acids is 2. The fourth-order valence-corrected chi connectivity index (χ4v) is 3.12. The number of fused-ring (bicyclic) bond motifs is 3. The second kappa shape index (κ2) is 4.74. The molecule has 0 saturated heterocycles. The molecule has 6 heteroatoms. The SMILES string of the molecule is O=C1CN=C2C(=O)C(c3ccccc3)c3[nH]c(Cl)cc3C2=N1. The summed E-state index contributed by atoms with van der Waals surface area (Å²) in [6, 6.07) is 11.1. The highest BCUT2D eigenvalue weighted by Gasteiger charge is 2.40. The zero-order valence-corrected chi connectivity index (χ0v) is 12.1. The number of rotatable bonds is 1. The van der Waals surface area contributed by atoms with E-state index in [2.05, 4.69) is 15.0 Å². The molecule has 108 valence electrons. The first-order valence-corrected chi connectivity index (χ1v) is 7.17.